The van der Waals surface area contributed by atoms with Gasteiger partial charge in [-0.15, -0.1) is 0 Å². The molecule has 0 rings (SSSR count). The molecule has 1 atom stereocenters. The number of carbonyl (C=O) groups is 1. The molecule has 0 saturated carbocycles. The molecule has 0 heterocycles. The minimum Gasteiger partial charge on any atom is -0.466 e. The zero-order valence-electron chi connectivity index (χ0n) is 7.42. The third-order valence-corrected chi connectivity index (χ3v) is 1.44. The maximum atomic E-state index is 11.0. The van der Waals surface area contributed by atoms with Crippen molar-refractivity contribution < 1.29 is 14.3 Å². The highest BCUT2D eigenvalue weighted by Gasteiger charge is 2.12. The fraction of sp³-hybridized carbons (Fsp3) is 0.875. The van der Waals surface area contributed by atoms with Crippen molar-refractivity contribution in [2.24, 2.45) is 5.92 Å². The molecule has 3 heteroatoms. The van der Waals surface area contributed by atoms with E-state index in [-0.39, 0.29) is 11.9 Å². The number of esters is 1. The lowest BCUT2D eigenvalue weighted by molar-refractivity contribution is -0.147. The molecule has 11 heavy (non-hydrogen) atoms. The van der Waals surface area contributed by atoms with Gasteiger partial charge in [0.1, 0.15) is 0 Å². The lowest BCUT2D eigenvalue weighted by Crippen LogP contribution is -2.16. The maximum Gasteiger partial charge on any atom is 0.308 e. The van der Waals surface area contributed by atoms with Crippen LogP contribution in [0, 0.1) is 5.92 Å². The van der Waals surface area contributed by atoms with Gasteiger partial charge in [0, 0.05) is 13.7 Å². The molecule has 0 saturated heterocycles. The topological polar surface area (TPSA) is 35.5 Å². The molecule has 0 aromatic heterocycles. The Morgan fingerprint density at radius 2 is 2.18 bits per heavy atom. The van der Waals surface area contributed by atoms with Gasteiger partial charge in [-0.1, -0.05) is 6.92 Å². The van der Waals surface area contributed by atoms with Gasteiger partial charge in [0.05, 0.1) is 12.5 Å². The maximum absolute atomic E-state index is 11.0. The predicted molar refractivity (Wildman–Crippen MR) is 42.3 cm³/mol. The molecule has 0 N–H and O–H groups in total. The largest absolute Gasteiger partial charge is 0.466 e. The number of methoxy groups -OCH3 is 1. The molecule has 0 spiro atoms. The number of hydrogen-bond donors (Lipinski definition) is 0. The molecule has 3 nitrogen and oxygen atoms in total. The van der Waals surface area contributed by atoms with Crippen LogP contribution >= 0.6 is 0 Å². The third-order valence-electron chi connectivity index (χ3n) is 1.44. The number of ether oxygens (including phenoxy) is 2. The zero-order chi connectivity index (χ0) is 8.69. The molecule has 0 fully saturated rings. The Morgan fingerprint density at radius 3 is 2.64 bits per heavy atom. The van der Waals surface area contributed by atoms with Crippen LogP contribution in [0.25, 0.3) is 0 Å². The van der Waals surface area contributed by atoms with E-state index in [9.17, 15) is 4.79 Å². The van der Waals surface area contributed by atoms with E-state index >= 15 is 0 Å². The first-order valence-corrected chi connectivity index (χ1v) is 3.88. The molecule has 0 aliphatic heterocycles. The van der Waals surface area contributed by atoms with Crippen molar-refractivity contribution in [1.82, 2.24) is 0 Å². The van der Waals surface area contributed by atoms with Gasteiger partial charge < -0.3 is 9.47 Å². The lowest BCUT2D eigenvalue weighted by atomic mass is 10.1. The molecule has 0 amide bonds. The van der Waals surface area contributed by atoms with Crippen LogP contribution in [0.3, 0.4) is 0 Å². The van der Waals surface area contributed by atoms with Crippen LogP contribution in [0.2, 0.25) is 0 Å². The van der Waals surface area contributed by atoms with Crippen LogP contribution in [-0.2, 0) is 14.3 Å². The van der Waals surface area contributed by atoms with Crippen LogP contribution in [0.1, 0.15) is 20.3 Å². The highest BCUT2D eigenvalue weighted by Crippen LogP contribution is 2.03. The Bertz CT molecular complexity index is 112. The fourth-order valence-electron chi connectivity index (χ4n) is 0.697. The van der Waals surface area contributed by atoms with Crippen LogP contribution in [-0.4, -0.2) is 26.3 Å². The summed E-state index contributed by atoms with van der Waals surface area (Å²) in [6.45, 7) is 4.72. The SMILES string of the molecule is CCOC(=O)[C@@H](C)CCOC. The van der Waals surface area contributed by atoms with Crippen molar-refractivity contribution in [3.05, 3.63) is 0 Å². The van der Waals surface area contributed by atoms with Crippen molar-refractivity contribution in [2.75, 3.05) is 20.3 Å². The summed E-state index contributed by atoms with van der Waals surface area (Å²) < 4.78 is 9.64. The van der Waals surface area contributed by atoms with Gasteiger partial charge >= 0.3 is 5.97 Å². The van der Waals surface area contributed by atoms with E-state index in [2.05, 4.69) is 0 Å². The predicted octanol–water partition coefficient (Wildman–Crippen LogP) is 1.22. The summed E-state index contributed by atoms with van der Waals surface area (Å²) >= 11 is 0. The van der Waals surface area contributed by atoms with E-state index in [1.807, 2.05) is 6.92 Å². The Hall–Kier alpha value is -0.570. The van der Waals surface area contributed by atoms with Crippen molar-refractivity contribution in [3.63, 3.8) is 0 Å². The van der Waals surface area contributed by atoms with Gasteiger partial charge in [0.2, 0.25) is 0 Å². The normalized spacial score (nSPS) is 12.6. The first-order valence-electron chi connectivity index (χ1n) is 3.88. The number of carbonyl (C=O) groups excluding carboxylic acids is 1. The zero-order valence-corrected chi connectivity index (χ0v) is 7.42. The molecule has 0 bridgehead atoms. The van der Waals surface area contributed by atoms with Crippen LogP contribution in [0.5, 0.6) is 0 Å². The average Bonchev–Trinajstić information content (AvgIpc) is 2.00. The monoisotopic (exact) mass is 160 g/mol. The van der Waals surface area contributed by atoms with Crippen LogP contribution in [0.4, 0.5) is 0 Å². The number of rotatable bonds is 5. The van der Waals surface area contributed by atoms with E-state index in [4.69, 9.17) is 9.47 Å². The van der Waals surface area contributed by atoms with E-state index < -0.39 is 0 Å². The first-order chi connectivity index (χ1) is 5.22. The van der Waals surface area contributed by atoms with Crippen LogP contribution < -0.4 is 0 Å². The summed E-state index contributed by atoms with van der Waals surface area (Å²) in [7, 11) is 1.62. The van der Waals surface area contributed by atoms with Crippen molar-refractivity contribution >= 4 is 5.97 Å². The molecular weight excluding hydrogens is 144 g/mol. The van der Waals surface area contributed by atoms with Crippen molar-refractivity contribution in [3.8, 4) is 0 Å². The fourth-order valence-corrected chi connectivity index (χ4v) is 0.697. The Labute approximate surface area is 67.7 Å². The Balaban J connectivity index is 3.46. The standard InChI is InChI=1S/C8H16O3/c1-4-11-8(9)7(2)5-6-10-3/h7H,4-6H2,1-3H3/t7-/m0/s1. The van der Waals surface area contributed by atoms with E-state index in [0.717, 1.165) is 6.42 Å². The summed E-state index contributed by atoms with van der Waals surface area (Å²) in [6, 6.07) is 0. The molecule has 0 aromatic rings. The second-order valence-corrected chi connectivity index (χ2v) is 2.43. The first kappa shape index (κ1) is 10.4. The van der Waals surface area contributed by atoms with Gasteiger partial charge in [0.15, 0.2) is 0 Å². The summed E-state index contributed by atoms with van der Waals surface area (Å²) in [5.74, 6) is -0.181. The van der Waals surface area contributed by atoms with Crippen molar-refractivity contribution in [2.45, 2.75) is 20.3 Å². The highest BCUT2D eigenvalue weighted by molar-refractivity contribution is 5.71. The summed E-state index contributed by atoms with van der Waals surface area (Å²) in [5.41, 5.74) is 0. The average molecular weight is 160 g/mol. The molecule has 66 valence electrons. The smallest absolute Gasteiger partial charge is 0.308 e. The van der Waals surface area contributed by atoms with E-state index in [1.165, 1.54) is 0 Å². The van der Waals surface area contributed by atoms with Crippen LogP contribution in [0.15, 0.2) is 0 Å². The summed E-state index contributed by atoms with van der Waals surface area (Å²) in [6.07, 6.45) is 0.731. The van der Waals surface area contributed by atoms with Gasteiger partial charge in [-0.3, -0.25) is 4.79 Å². The molecule has 0 aliphatic carbocycles. The van der Waals surface area contributed by atoms with Gasteiger partial charge in [-0.2, -0.15) is 0 Å². The minimum atomic E-state index is -0.135. The molecule has 0 aromatic carbocycles. The Kier molecular flexibility index (Phi) is 5.84. The van der Waals surface area contributed by atoms with E-state index in [1.54, 1.807) is 14.0 Å². The second-order valence-electron chi connectivity index (χ2n) is 2.43. The lowest BCUT2D eigenvalue weighted by Gasteiger charge is -2.08. The molecule has 0 radical (unpaired) electrons. The molecular formula is C8H16O3. The Morgan fingerprint density at radius 1 is 1.55 bits per heavy atom. The summed E-state index contributed by atoms with van der Waals surface area (Å²) in [4.78, 5) is 11.0. The quantitative estimate of drug-likeness (QED) is 0.567. The minimum absolute atomic E-state index is 0.0464. The van der Waals surface area contributed by atoms with Gasteiger partial charge in [-0.05, 0) is 13.3 Å². The van der Waals surface area contributed by atoms with E-state index in [0.29, 0.717) is 13.2 Å². The molecule has 0 aliphatic rings. The molecule has 0 unspecified atom stereocenters. The van der Waals surface area contributed by atoms with Gasteiger partial charge in [0.25, 0.3) is 0 Å². The number of hydrogen-bond acceptors (Lipinski definition) is 3. The van der Waals surface area contributed by atoms with Crippen molar-refractivity contribution in [1.29, 1.82) is 0 Å². The summed E-state index contributed by atoms with van der Waals surface area (Å²) in [5, 5.41) is 0. The van der Waals surface area contributed by atoms with Gasteiger partial charge in [-0.25, -0.2) is 0 Å². The third kappa shape index (κ3) is 4.79. The highest BCUT2D eigenvalue weighted by atomic mass is 16.5. The second kappa shape index (κ2) is 6.16.